The van der Waals surface area contributed by atoms with E-state index in [1.54, 1.807) is 0 Å². The molecule has 0 unspecified atom stereocenters. The highest BCUT2D eigenvalue weighted by Crippen LogP contribution is 2.39. The molecule has 1 aliphatic carbocycles. The van der Waals surface area contributed by atoms with Crippen LogP contribution in [0.1, 0.15) is 28.8 Å². The average Bonchev–Trinajstić information content (AvgIpc) is 3.58. The molecule has 51 heavy (non-hydrogen) atoms. The van der Waals surface area contributed by atoms with Crippen LogP contribution in [-0.4, -0.2) is 9.13 Å². The van der Waals surface area contributed by atoms with E-state index in [9.17, 15) is 15.8 Å². The number of fused-ring (bicyclic) bond motifs is 6. The molecular formula is C46H27N5. The Hall–Kier alpha value is -7.39. The van der Waals surface area contributed by atoms with Gasteiger partial charge >= 0.3 is 0 Å². The number of para-hydroxylation sites is 1. The number of nitriles is 3. The minimum Gasteiger partial charge on any atom is -0.309 e. The van der Waals surface area contributed by atoms with E-state index in [2.05, 4.69) is 124 Å². The summed E-state index contributed by atoms with van der Waals surface area (Å²) in [5.41, 5.74) is 13.4. The maximum absolute atomic E-state index is 9.78. The van der Waals surface area contributed by atoms with Crippen molar-refractivity contribution in [1.82, 2.24) is 9.13 Å². The predicted octanol–water partition coefficient (Wildman–Crippen LogP) is 11.1. The fourth-order valence-corrected chi connectivity index (χ4v) is 7.54. The summed E-state index contributed by atoms with van der Waals surface area (Å²) in [4.78, 5) is 0. The Balaban J connectivity index is 1.20. The maximum Gasteiger partial charge on any atom is 0.0991 e. The van der Waals surface area contributed by atoms with Gasteiger partial charge < -0.3 is 9.13 Å². The van der Waals surface area contributed by atoms with E-state index in [0.717, 1.165) is 77.6 Å². The van der Waals surface area contributed by atoms with E-state index in [0.29, 0.717) is 23.1 Å². The minimum atomic E-state index is 0.562. The largest absolute Gasteiger partial charge is 0.309 e. The maximum atomic E-state index is 9.78. The van der Waals surface area contributed by atoms with Crippen LogP contribution in [0.3, 0.4) is 0 Å². The number of benzene rings is 6. The predicted molar refractivity (Wildman–Crippen MR) is 205 cm³/mol. The van der Waals surface area contributed by atoms with E-state index in [1.165, 1.54) is 0 Å². The van der Waals surface area contributed by atoms with Gasteiger partial charge in [0, 0.05) is 45.1 Å². The molecule has 6 aromatic carbocycles. The Kier molecular flexibility index (Phi) is 6.96. The summed E-state index contributed by atoms with van der Waals surface area (Å²) in [6, 6.07) is 52.6. The first-order valence-electron chi connectivity index (χ1n) is 16.7. The smallest absolute Gasteiger partial charge is 0.0991 e. The van der Waals surface area contributed by atoms with Crippen LogP contribution in [0.4, 0.5) is 0 Å². The van der Waals surface area contributed by atoms with E-state index in [1.807, 2.05) is 54.6 Å². The van der Waals surface area contributed by atoms with Crippen molar-refractivity contribution in [2.75, 3.05) is 0 Å². The second-order valence-corrected chi connectivity index (χ2v) is 12.7. The summed E-state index contributed by atoms with van der Waals surface area (Å²) in [5, 5.41) is 32.2. The van der Waals surface area contributed by atoms with Gasteiger partial charge in [-0.05, 0) is 101 Å². The number of hydrogen-bond acceptors (Lipinski definition) is 3. The number of rotatable bonds is 4. The van der Waals surface area contributed by atoms with Crippen LogP contribution >= 0.6 is 0 Å². The van der Waals surface area contributed by atoms with Crippen molar-refractivity contribution in [3.63, 3.8) is 0 Å². The molecule has 236 valence electrons. The van der Waals surface area contributed by atoms with Gasteiger partial charge in [-0.15, -0.1) is 0 Å². The molecule has 0 saturated carbocycles. The summed E-state index contributed by atoms with van der Waals surface area (Å²) in [6.07, 6.45) is 6.64. The second kappa shape index (κ2) is 11.9. The van der Waals surface area contributed by atoms with Crippen molar-refractivity contribution in [3.05, 3.63) is 167 Å². The monoisotopic (exact) mass is 649 g/mol. The van der Waals surface area contributed by atoms with Gasteiger partial charge in [0.05, 0.1) is 51.6 Å². The van der Waals surface area contributed by atoms with Crippen LogP contribution in [0.2, 0.25) is 0 Å². The van der Waals surface area contributed by atoms with Gasteiger partial charge in [-0.3, -0.25) is 0 Å². The summed E-state index contributed by atoms with van der Waals surface area (Å²) in [7, 11) is 0. The van der Waals surface area contributed by atoms with Crippen molar-refractivity contribution in [3.8, 4) is 51.8 Å². The SMILES string of the molecule is N#CC1=Cc2c(n(-c3cccc(-c4ccccc4-c4cccc(-n5c6ccccc6c6cc(C#N)ccc65)c4)c3)c3ccc(C#N)cc23)C=CC1. The molecule has 5 heteroatoms. The molecule has 2 heterocycles. The molecule has 0 radical (unpaired) electrons. The Bertz CT molecular complexity index is 2930. The van der Waals surface area contributed by atoms with Crippen molar-refractivity contribution < 1.29 is 0 Å². The van der Waals surface area contributed by atoms with Gasteiger partial charge in [0.1, 0.15) is 0 Å². The van der Waals surface area contributed by atoms with E-state index >= 15 is 0 Å². The molecule has 8 aromatic rings. The Labute approximate surface area is 294 Å². The summed E-state index contributed by atoms with van der Waals surface area (Å²) < 4.78 is 4.50. The minimum absolute atomic E-state index is 0.562. The Morgan fingerprint density at radius 3 is 1.75 bits per heavy atom. The molecule has 0 saturated heterocycles. The topological polar surface area (TPSA) is 81.2 Å². The first kappa shape index (κ1) is 29.7. The molecule has 9 rings (SSSR count). The van der Waals surface area contributed by atoms with Crippen molar-refractivity contribution >= 4 is 44.9 Å². The van der Waals surface area contributed by atoms with Gasteiger partial charge in [-0.2, -0.15) is 15.8 Å². The van der Waals surface area contributed by atoms with E-state index in [4.69, 9.17) is 0 Å². The van der Waals surface area contributed by atoms with Gasteiger partial charge in [-0.1, -0.05) is 72.8 Å². The lowest BCUT2D eigenvalue weighted by molar-refractivity contribution is 1.11. The first-order chi connectivity index (χ1) is 25.1. The summed E-state index contributed by atoms with van der Waals surface area (Å²) in [5.74, 6) is 0. The van der Waals surface area contributed by atoms with E-state index in [-0.39, 0.29) is 0 Å². The lowest BCUT2D eigenvalue weighted by Crippen LogP contribution is -1.98. The molecule has 0 aliphatic heterocycles. The molecule has 1 aliphatic rings. The summed E-state index contributed by atoms with van der Waals surface area (Å²) >= 11 is 0. The number of allylic oxidation sites excluding steroid dienone is 2. The van der Waals surface area contributed by atoms with Gasteiger partial charge in [0.2, 0.25) is 0 Å². The Morgan fingerprint density at radius 1 is 0.490 bits per heavy atom. The second-order valence-electron chi connectivity index (χ2n) is 12.7. The van der Waals surface area contributed by atoms with Gasteiger partial charge in [0.15, 0.2) is 0 Å². The zero-order valence-corrected chi connectivity index (χ0v) is 27.4. The van der Waals surface area contributed by atoms with E-state index < -0.39 is 0 Å². The molecule has 0 spiro atoms. The molecule has 0 N–H and O–H groups in total. The standard InChI is InChI=1S/C46H27N5/c47-27-30-8-5-17-44-41(22-30)42-24-32(29-49)19-21-46(42)51(44)36-12-7-10-34(26-36)38-14-2-1-13-37(38)33-9-6-11-35(25-33)50-43-16-4-3-15-39(43)40-23-31(28-48)18-20-45(40)50/h1-7,9-26H,8H2. The summed E-state index contributed by atoms with van der Waals surface area (Å²) in [6.45, 7) is 0. The number of nitrogens with zero attached hydrogens (tertiary/aromatic N) is 5. The highest BCUT2D eigenvalue weighted by Gasteiger charge is 2.20. The molecule has 0 atom stereocenters. The van der Waals surface area contributed by atoms with Crippen LogP contribution in [0.15, 0.2) is 145 Å². The first-order valence-corrected chi connectivity index (χ1v) is 16.7. The fraction of sp³-hybridized carbons (Fsp3) is 0.0217. The number of aromatic nitrogens is 2. The molecule has 0 bridgehead atoms. The lowest BCUT2D eigenvalue weighted by Gasteiger charge is -2.15. The van der Waals surface area contributed by atoms with Crippen molar-refractivity contribution in [1.29, 1.82) is 15.8 Å². The Morgan fingerprint density at radius 2 is 1.08 bits per heavy atom. The normalized spacial score (nSPS) is 12.2. The zero-order valence-electron chi connectivity index (χ0n) is 27.4. The highest BCUT2D eigenvalue weighted by atomic mass is 15.0. The molecule has 2 aromatic heterocycles. The van der Waals surface area contributed by atoms with Crippen molar-refractivity contribution in [2.45, 2.75) is 6.42 Å². The molecule has 0 fully saturated rings. The highest BCUT2D eigenvalue weighted by molar-refractivity contribution is 6.09. The fourth-order valence-electron chi connectivity index (χ4n) is 7.54. The van der Waals surface area contributed by atoms with Crippen LogP contribution in [0, 0.1) is 34.0 Å². The third-order valence-corrected chi connectivity index (χ3v) is 9.81. The van der Waals surface area contributed by atoms with Crippen LogP contribution in [0.25, 0.3) is 78.5 Å². The van der Waals surface area contributed by atoms with Crippen LogP contribution < -0.4 is 0 Å². The molecular weight excluding hydrogens is 623 g/mol. The van der Waals surface area contributed by atoms with Crippen LogP contribution in [0.5, 0.6) is 0 Å². The van der Waals surface area contributed by atoms with Gasteiger partial charge in [-0.25, -0.2) is 0 Å². The molecule has 0 amide bonds. The number of hydrogen-bond donors (Lipinski definition) is 0. The zero-order chi connectivity index (χ0) is 34.5. The van der Waals surface area contributed by atoms with Crippen LogP contribution in [-0.2, 0) is 0 Å². The third-order valence-electron chi connectivity index (χ3n) is 9.81. The third kappa shape index (κ3) is 4.83. The molecule has 5 nitrogen and oxygen atoms in total. The average molecular weight is 650 g/mol. The van der Waals surface area contributed by atoms with Crippen molar-refractivity contribution in [2.24, 2.45) is 0 Å². The lowest BCUT2D eigenvalue weighted by atomic mass is 9.94. The van der Waals surface area contributed by atoms with Gasteiger partial charge in [0.25, 0.3) is 0 Å². The quantitative estimate of drug-likeness (QED) is 0.190.